The van der Waals surface area contributed by atoms with Gasteiger partial charge in [0, 0.05) is 5.57 Å². The molecule has 0 aromatic heterocycles. The van der Waals surface area contributed by atoms with E-state index >= 15 is 0 Å². The first-order valence-electron chi connectivity index (χ1n) is 6.37. The highest BCUT2D eigenvalue weighted by Crippen LogP contribution is 2.44. The Bertz CT molecular complexity index is 785. The normalized spacial score (nSPS) is 24.0. The number of amidine groups is 1. The van der Waals surface area contributed by atoms with Crippen LogP contribution in [0.5, 0.6) is 0 Å². The van der Waals surface area contributed by atoms with Crippen LogP contribution in [0, 0.1) is 16.7 Å². The van der Waals surface area contributed by atoms with Crippen LogP contribution < -0.4 is 4.90 Å². The maximum Gasteiger partial charge on any atom is 0.144 e. The second-order valence-electron chi connectivity index (χ2n) is 5.09. The summed E-state index contributed by atoms with van der Waals surface area (Å²) in [6.45, 7) is 1.89. The van der Waals surface area contributed by atoms with Crippen molar-refractivity contribution in [1.82, 2.24) is 0 Å². The number of para-hydroxylation sites is 1. The summed E-state index contributed by atoms with van der Waals surface area (Å²) in [6, 6.07) is 9.27. The number of nitrogens with one attached hydrogen (secondary N) is 1. The fourth-order valence-corrected chi connectivity index (χ4v) is 3.01. The minimum absolute atomic E-state index is 0.0732. The number of aliphatic hydroxyl groups is 1. The zero-order chi connectivity index (χ0) is 15.2. The van der Waals surface area contributed by atoms with Crippen molar-refractivity contribution in [3.05, 3.63) is 64.4 Å². The van der Waals surface area contributed by atoms with Crippen LogP contribution >= 0.6 is 11.6 Å². The molecule has 1 atom stereocenters. The first-order chi connectivity index (χ1) is 9.99. The molecule has 1 aliphatic carbocycles. The molecule has 5 heteroatoms. The summed E-state index contributed by atoms with van der Waals surface area (Å²) < 4.78 is 0. The van der Waals surface area contributed by atoms with Crippen LogP contribution in [0.2, 0.25) is 5.02 Å². The van der Waals surface area contributed by atoms with E-state index in [1.54, 1.807) is 23.1 Å². The number of hydrogen-bond acceptors (Lipinski definition) is 3. The third kappa shape index (κ3) is 1.78. The van der Waals surface area contributed by atoms with E-state index in [0.29, 0.717) is 16.3 Å². The fourth-order valence-electron chi connectivity index (χ4n) is 2.79. The molecule has 0 spiro atoms. The number of benzene rings is 1. The highest BCUT2D eigenvalue weighted by atomic mass is 35.5. The smallest absolute Gasteiger partial charge is 0.144 e. The number of allylic oxidation sites excluding steroid dienone is 1. The molecule has 104 valence electrons. The standard InChI is InChI=1S/C16H12ClN3O/c1-16-7-6-10(21)8-12(16)11(9-18)15(19)20(16)14-5-3-2-4-13(14)17/h2-8,19,21H,1H3. The van der Waals surface area contributed by atoms with E-state index in [4.69, 9.17) is 17.0 Å². The summed E-state index contributed by atoms with van der Waals surface area (Å²) >= 11 is 6.25. The van der Waals surface area contributed by atoms with E-state index in [0.717, 1.165) is 0 Å². The number of anilines is 1. The van der Waals surface area contributed by atoms with Crippen molar-refractivity contribution in [3.63, 3.8) is 0 Å². The average Bonchev–Trinajstić information content (AvgIpc) is 2.67. The number of halogens is 1. The third-order valence-corrected chi connectivity index (χ3v) is 4.14. The molecule has 0 fully saturated rings. The van der Waals surface area contributed by atoms with Crippen LogP contribution in [0.3, 0.4) is 0 Å². The van der Waals surface area contributed by atoms with E-state index in [2.05, 4.69) is 6.07 Å². The van der Waals surface area contributed by atoms with Crippen molar-refractivity contribution in [2.75, 3.05) is 4.90 Å². The van der Waals surface area contributed by atoms with Gasteiger partial charge in [-0.2, -0.15) is 5.26 Å². The van der Waals surface area contributed by atoms with Gasteiger partial charge in [-0.25, -0.2) is 0 Å². The topological polar surface area (TPSA) is 71.1 Å². The molecule has 0 radical (unpaired) electrons. The largest absolute Gasteiger partial charge is 0.508 e. The molecular weight excluding hydrogens is 286 g/mol. The summed E-state index contributed by atoms with van der Waals surface area (Å²) in [5.74, 6) is 0.155. The van der Waals surface area contributed by atoms with Crippen LogP contribution in [-0.2, 0) is 0 Å². The number of hydrogen-bond donors (Lipinski definition) is 2. The van der Waals surface area contributed by atoms with Crippen molar-refractivity contribution in [2.45, 2.75) is 12.5 Å². The van der Waals surface area contributed by atoms with Gasteiger partial charge in [0.1, 0.15) is 23.2 Å². The number of nitriles is 1. The molecule has 1 heterocycles. The predicted octanol–water partition coefficient (Wildman–Crippen LogP) is 3.73. The Morgan fingerprint density at radius 2 is 2.10 bits per heavy atom. The number of rotatable bonds is 1. The lowest BCUT2D eigenvalue weighted by molar-refractivity contribution is 0.427. The molecule has 0 saturated heterocycles. The van der Waals surface area contributed by atoms with Gasteiger partial charge in [0.15, 0.2) is 0 Å². The molecule has 1 aromatic rings. The second kappa shape index (κ2) is 4.51. The summed E-state index contributed by atoms with van der Waals surface area (Å²) in [5, 5.41) is 27.9. The van der Waals surface area contributed by atoms with Crippen molar-refractivity contribution < 1.29 is 5.11 Å². The molecule has 3 rings (SSSR count). The van der Waals surface area contributed by atoms with Gasteiger partial charge >= 0.3 is 0 Å². The van der Waals surface area contributed by atoms with Gasteiger partial charge in [0.2, 0.25) is 0 Å². The minimum atomic E-state index is -0.709. The van der Waals surface area contributed by atoms with Gasteiger partial charge in [0.05, 0.1) is 16.2 Å². The third-order valence-electron chi connectivity index (χ3n) is 3.82. The number of nitrogens with zero attached hydrogens (tertiary/aromatic N) is 2. The van der Waals surface area contributed by atoms with Crippen LogP contribution in [0.15, 0.2) is 59.4 Å². The molecule has 4 nitrogen and oxygen atoms in total. The molecule has 1 aliphatic heterocycles. The highest BCUT2D eigenvalue weighted by Gasteiger charge is 2.46. The number of fused-ring (bicyclic) bond motifs is 1. The van der Waals surface area contributed by atoms with Gasteiger partial charge in [-0.1, -0.05) is 29.8 Å². The van der Waals surface area contributed by atoms with E-state index in [1.807, 2.05) is 25.1 Å². The maximum atomic E-state index is 9.70. The summed E-state index contributed by atoms with van der Waals surface area (Å²) in [7, 11) is 0. The van der Waals surface area contributed by atoms with Gasteiger partial charge in [-0.3, -0.25) is 5.41 Å². The first kappa shape index (κ1) is 13.5. The zero-order valence-corrected chi connectivity index (χ0v) is 12.0. The van der Waals surface area contributed by atoms with Crippen LogP contribution in [0.25, 0.3) is 0 Å². The second-order valence-corrected chi connectivity index (χ2v) is 5.49. The lowest BCUT2D eigenvalue weighted by Crippen LogP contribution is -2.45. The Balaban J connectivity index is 2.24. The molecule has 21 heavy (non-hydrogen) atoms. The van der Waals surface area contributed by atoms with E-state index < -0.39 is 5.54 Å². The SMILES string of the molecule is CC12C=CC(O)=CC1=C(C#N)C(=N)N2c1ccccc1Cl. The molecule has 0 amide bonds. The summed E-state index contributed by atoms with van der Waals surface area (Å²) in [5.41, 5.74) is 0.802. The van der Waals surface area contributed by atoms with Crippen LogP contribution in [-0.4, -0.2) is 16.5 Å². The first-order valence-corrected chi connectivity index (χ1v) is 6.75. The quantitative estimate of drug-likeness (QED) is 0.829. The molecular formula is C16H12ClN3O. The van der Waals surface area contributed by atoms with Crippen LogP contribution in [0.4, 0.5) is 5.69 Å². The Labute approximate surface area is 127 Å². The lowest BCUT2D eigenvalue weighted by atomic mass is 9.86. The predicted molar refractivity (Wildman–Crippen MR) is 82.6 cm³/mol. The maximum absolute atomic E-state index is 9.70. The van der Waals surface area contributed by atoms with Gasteiger partial charge in [-0.15, -0.1) is 0 Å². The Hall–Kier alpha value is -2.51. The van der Waals surface area contributed by atoms with Gasteiger partial charge in [0.25, 0.3) is 0 Å². The highest BCUT2D eigenvalue weighted by molar-refractivity contribution is 6.34. The van der Waals surface area contributed by atoms with E-state index in [9.17, 15) is 10.4 Å². The average molecular weight is 298 g/mol. The lowest BCUT2D eigenvalue weighted by Gasteiger charge is -2.37. The van der Waals surface area contributed by atoms with E-state index in [-0.39, 0.29) is 17.2 Å². The fraction of sp³-hybridized carbons (Fsp3) is 0.125. The molecule has 2 aliphatic rings. The van der Waals surface area contributed by atoms with Crippen molar-refractivity contribution in [1.29, 1.82) is 10.7 Å². The molecule has 1 aromatic carbocycles. The number of aliphatic hydroxyl groups excluding tert-OH is 1. The molecule has 0 saturated carbocycles. The van der Waals surface area contributed by atoms with Crippen molar-refractivity contribution in [2.24, 2.45) is 0 Å². The minimum Gasteiger partial charge on any atom is -0.508 e. The summed E-state index contributed by atoms with van der Waals surface area (Å²) in [6.07, 6.45) is 4.88. The Morgan fingerprint density at radius 3 is 2.76 bits per heavy atom. The van der Waals surface area contributed by atoms with Crippen molar-refractivity contribution in [3.8, 4) is 6.07 Å². The van der Waals surface area contributed by atoms with Gasteiger partial charge in [-0.05, 0) is 31.2 Å². The Kier molecular flexibility index (Phi) is 2.89. The van der Waals surface area contributed by atoms with Crippen molar-refractivity contribution >= 4 is 23.1 Å². The molecule has 2 N–H and O–H groups in total. The van der Waals surface area contributed by atoms with Crippen LogP contribution in [0.1, 0.15) is 6.92 Å². The van der Waals surface area contributed by atoms with E-state index in [1.165, 1.54) is 6.08 Å². The molecule has 0 bridgehead atoms. The van der Waals surface area contributed by atoms with Gasteiger partial charge < -0.3 is 10.0 Å². The zero-order valence-electron chi connectivity index (χ0n) is 11.3. The Morgan fingerprint density at radius 1 is 1.38 bits per heavy atom. The monoisotopic (exact) mass is 297 g/mol. The molecule has 1 unspecified atom stereocenters. The summed E-state index contributed by atoms with van der Waals surface area (Å²) in [4.78, 5) is 1.71.